The summed E-state index contributed by atoms with van der Waals surface area (Å²) < 4.78 is 5.48. The molecule has 4 heteroatoms. The van der Waals surface area contributed by atoms with Crippen molar-refractivity contribution >= 4 is 17.9 Å². The summed E-state index contributed by atoms with van der Waals surface area (Å²) in [6.07, 6.45) is 7.02. The highest BCUT2D eigenvalue weighted by atomic mass is 32.2. The molecule has 1 heterocycles. The molecule has 0 spiro atoms. The van der Waals surface area contributed by atoms with Crippen LogP contribution in [0.4, 0.5) is 4.79 Å². The van der Waals surface area contributed by atoms with Crippen molar-refractivity contribution in [3.63, 3.8) is 0 Å². The van der Waals surface area contributed by atoms with Crippen LogP contribution in [0.15, 0.2) is 0 Å². The fourth-order valence-electron chi connectivity index (χ4n) is 2.09. The second-order valence-electron chi connectivity index (χ2n) is 6.20. The van der Waals surface area contributed by atoms with Gasteiger partial charge in [-0.05, 0) is 58.0 Å². The topological polar surface area (TPSA) is 29.5 Å². The number of rotatable bonds is 0. The first kappa shape index (κ1) is 16.7. The molecule has 3 nitrogen and oxygen atoms in total. The lowest BCUT2D eigenvalue weighted by atomic mass is 10.2. The molecule has 1 aliphatic heterocycles. The second-order valence-corrected chi connectivity index (χ2v) is 7.43. The molecule has 0 radical (unpaired) electrons. The zero-order chi connectivity index (χ0) is 14.1. The number of hydrogen-bond acceptors (Lipinski definition) is 3. The van der Waals surface area contributed by atoms with Crippen LogP contribution < -0.4 is 0 Å². The minimum Gasteiger partial charge on any atom is -0.444 e. The number of thioether (sulfide) groups is 1. The molecule has 1 aliphatic rings. The van der Waals surface area contributed by atoms with E-state index in [0.717, 1.165) is 25.9 Å². The highest BCUT2D eigenvalue weighted by Crippen LogP contribution is 2.15. The quantitative estimate of drug-likeness (QED) is 0.665. The van der Waals surface area contributed by atoms with E-state index in [4.69, 9.17) is 4.74 Å². The van der Waals surface area contributed by atoms with Crippen LogP contribution in [0.5, 0.6) is 0 Å². The van der Waals surface area contributed by atoms with Crippen LogP contribution in [0.1, 0.15) is 59.3 Å². The molecule has 0 saturated carbocycles. The number of nitrogens with zero attached hydrogens (tertiary/aromatic N) is 1. The first-order chi connectivity index (χ1) is 8.99. The normalized spacial score (nSPS) is 20.3. The lowest BCUT2D eigenvalue weighted by Crippen LogP contribution is -2.38. The van der Waals surface area contributed by atoms with Gasteiger partial charge in [-0.3, -0.25) is 0 Å². The second kappa shape index (κ2) is 8.72. The molecule has 1 saturated heterocycles. The van der Waals surface area contributed by atoms with Gasteiger partial charge in [0.15, 0.2) is 0 Å². The van der Waals surface area contributed by atoms with Crippen molar-refractivity contribution in [3.8, 4) is 0 Å². The fourth-order valence-corrected chi connectivity index (χ4v) is 3.11. The number of amides is 1. The Hall–Kier alpha value is -0.380. The van der Waals surface area contributed by atoms with Crippen molar-refractivity contribution in [2.75, 3.05) is 24.6 Å². The summed E-state index contributed by atoms with van der Waals surface area (Å²) in [6.45, 7) is 7.48. The summed E-state index contributed by atoms with van der Waals surface area (Å²) in [7, 11) is 0. The molecule has 0 N–H and O–H groups in total. The highest BCUT2D eigenvalue weighted by Gasteiger charge is 2.21. The fraction of sp³-hybridized carbons (Fsp3) is 0.933. The van der Waals surface area contributed by atoms with Crippen molar-refractivity contribution in [2.24, 2.45) is 0 Å². The number of ether oxygens (including phenoxy) is 1. The van der Waals surface area contributed by atoms with Gasteiger partial charge in [0.05, 0.1) is 0 Å². The van der Waals surface area contributed by atoms with Gasteiger partial charge >= 0.3 is 6.09 Å². The van der Waals surface area contributed by atoms with Crippen LogP contribution in [0, 0.1) is 0 Å². The van der Waals surface area contributed by atoms with E-state index in [2.05, 4.69) is 11.8 Å². The van der Waals surface area contributed by atoms with Gasteiger partial charge < -0.3 is 9.64 Å². The Balaban J connectivity index is 2.44. The number of carbonyl (C=O) groups is 1. The van der Waals surface area contributed by atoms with E-state index in [1.807, 2.05) is 25.7 Å². The van der Waals surface area contributed by atoms with E-state index in [0.29, 0.717) is 0 Å². The van der Waals surface area contributed by atoms with E-state index in [1.165, 1.54) is 37.2 Å². The van der Waals surface area contributed by atoms with Gasteiger partial charge in [-0.1, -0.05) is 12.8 Å². The van der Waals surface area contributed by atoms with Gasteiger partial charge in [-0.25, -0.2) is 4.79 Å². The van der Waals surface area contributed by atoms with Crippen LogP contribution in [0.3, 0.4) is 0 Å². The third-order valence-corrected chi connectivity index (χ3v) is 4.24. The summed E-state index contributed by atoms with van der Waals surface area (Å²) in [6, 6.07) is 0. The third kappa shape index (κ3) is 8.40. The van der Waals surface area contributed by atoms with Crippen molar-refractivity contribution in [3.05, 3.63) is 0 Å². The molecular weight excluding hydrogens is 258 g/mol. The highest BCUT2D eigenvalue weighted by molar-refractivity contribution is 7.99. The van der Waals surface area contributed by atoms with Crippen molar-refractivity contribution in [1.82, 2.24) is 4.90 Å². The lowest BCUT2D eigenvalue weighted by Gasteiger charge is -2.27. The molecule has 1 rings (SSSR count). The Bertz CT molecular complexity index is 251. The Morgan fingerprint density at radius 3 is 1.95 bits per heavy atom. The molecule has 1 fully saturated rings. The summed E-state index contributed by atoms with van der Waals surface area (Å²) in [5.41, 5.74) is -0.391. The van der Waals surface area contributed by atoms with Gasteiger partial charge in [-0.15, -0.1) is 0 Å². The SMILES string of the molecule is CC(C)(C)OC(=O)N1CCCCCSCCCCC1. The molecule has 0 atom stereocenters. The van der Waals surface area contributed by atoms with Gasteiger partial charge in [0.1, 0.15) is 5.60 Å². The lowest BCUT2D eigenvalue weighted by molar-refractivity contribution is 0.0244. The summed E-state index contributed by atoms with van der Waals surface area (Å²) >= 11 is 2.08. The first-order valence-electron chi connectivity index (χ1n) is 7.55. The maximum Gasteiger partial charge on any atom is 0.410 e. The van der Waals surface area contributed by atoms with Crippen LogP contribution >= 0.6 is 11.8 Å². The molecule has 19 heavy (non-hydrogen) atoms. The largest absolute Gasteiger partial charge is 0.444 e. The molecular formula is C15H29NO2S. The Labute approximate surface area is 122 Å². The minimum absolute atomic E-state index is 0.140. The average Bonchev–Trinajstić information content (AvgIpc) is 2.27. The molecule has 0 unspecified atom stereocenters. The number of carbonyl (C=O) groups excluding carboxylic acids is 1. The zero-order valence-corrected chi connectivity index (χ0v) is 13.6. The monoisotopic (exact) mass is 287 g/mol. The Kier molecular flexibility index (Phi) is 7.66. The summed E-state index contributed by atoms with van der Waals surface area (Å²) in [5.74, 6) is 2.54. The van der Waals surface area contributed by atoms with Crippen molar-refractivity contribution < 1.29 is 9.53 Å². The van der Waals surface area contributed by atoms with Crippen LogP contribution in [0.2, 0.25) is 0 Å². The molecule has 1 amide bonds. The number of hydrogen-bond donors (Lipinski definition) is 0. The Morgan fingerprint density at radius 1 is 0.947 bits per heavy atom. The molecule has 0 aromatic carbocycles. The van der Waals surface area contributed by atoms with Crippen LogP contribution in [-0.2, 0) is 4.74 Å². The van der Waals surface area contributed by atoms with Crippen LogP contribution in [0.25, 0.3) is 0 Å². The molecule has 0 aromatic rings. The van der Waals surface area contributed by atoms with Crippen molar-refractivity contribution in [1.29, 1.82) is 0 Å². The average molecular weight is 287 g/mol. The molecule has 0 aromatic heterocycles. The van der Waals surface area contributed by atoms with E-state index >= 15 is 0 Å². The van der Waals surface area contributed by atoms with Gasteiger partial charge in [0.25, 0.3) is 0 Å². The van der Waals surface area contributed by atoms with E-state index < -0.39 is 5.60 Å². The standard InChI is InChI=1S/C15H29NO2S/c1-15(2,3)18-14(17)16-10-6-4-8-12-19-13-9-5-7-11-16/h4-13H2,1-3H3. The predicted octanol–water partition coefficient (Wildman–Crippen LogP) is 4.31. The molecule has 0 aliphatic carbocycles. The molecule has 112 valence electrons. The van der Waals surface area contributed by atoms with E-state index in [-0.39, 0.29) is 6.09 Å². The first-order valence-corrected chi connectivity index (χ1v) is 8.70. The zero-order valence-electron chi connectivity index (χ0n) is 12.7. The predicted molar refractivity (Wildman–Crippen MR) is 82.8 cm³/mol. The maximum absolute atomic E-state index is 12.1. The van der Waals surface area contributed by atoms with Crippen molar-refractivity contribution in [2.45, 2.75) is 64.9 Å². The smallest absolute Gasteiger partial charge is 0.410 e. The third-order valence-electron chi connectivity index (χ3n) is 3.09. The minimum atomic E-state index is -0.391. The van der Waals surface area contributed by atoms with E-state index in [9.17, 15) is 4.79 Å². The summed E-state index contributed by atoms with van der Waals surface area (Å²) in [4.78, 5) is 14.0. The van der Waals surface area contributed by atoms with E-state index in [1.54, 1.807) is 0 Å². The van der Waals surface area contributed by atoms with Crippen LogP contribution in [-0.4, -0.2) is 41.2 Å². The summed E-state index contributed by atoms with van der Waals surface area (Å²) in [5, 5.41) is 0. The Morgan fingerprint density at radius 2 is 1.47 bits per heavy atom. The van der Waals surface area contributed by atoms with Gasteiger partial charge in [0, 0.05) is 13.1 Å². The van der Waals surface area contributed by atoms with Gasteiger partial charge in [0.2, 0.25) is 0 Å². The van der Waals surface area contributed by atoms with Gasteiger partial charge in [-0.2, -0.15) is 11.8 Å². The maximum atomic E-state index is 12.1. The molecule has 0 bridgehead atoms.